The fourth-order valence-corrected chi connectivity index (χ4v) is 7.24. The van der Waals surface area contributed by atoms with Crippen LogP contribution in [0.5, 0.6) is 0 Å². The van der Waals surface area contributed by atoms with Crippen LogP contribution in [0.4, 0.5) is 5.69 Å². The summed E-state index contributed by atoms with van der Waals surface area (Å²) in [6.45, 7) is 0. The third-order valence-electron chi connectivity index (χ3n) is 7.94. The number of anilines is 1. The maximum Gasteiger partial charge on any atom is 0.261 e. The van der Waals surface area contributed by atoms with E-state index in [-0.39, 0.29) is 11.3 Å². The third kappa shape index (κ3) is 2.44. The molecule has 2 aromatic rings. The Morgan fingerprint density at radius 1 is 0.900 bits per heavy atom. The molecule has 2 unspecified atom stereocenters. The van der Waals surface area contributed by atoms with E-state index in [2.05, 4.69) is 41.0 Å². The van der Waals surface area contributed by atoms with E-state index in [1.165, 1.54) is 24.8 Å². The number of carbonyl (C=O) groups is 3. The van der Waals surface area contributed by atoms with Crippen LogP contribution in [-0.4, -0.2) is 17.7 Å². The van der Waals surface area contributed by atoms with Crippen molar-refractivity contribution < 1.29 is 14.4 Å². The number of carbonyl (C=O) groups excluding carboxylic acids is 3. The summed E-state index contributed by atoms with van der Waals surface area (Å²) in [6.07, 6.45) is 6.26. The Morgan fingerprint density at radius 2 is 1.63 bits per heavy atom. The van der Waals surface area contributed by atoms with E-state index >= 15 is 0 Å². The van der Waals surface area contributed by atoms with Gasteiger partial charge in [0.1, 0.15) is 0 Å². The topological polar surface area (TPSA) is 75.3 Å². The van der Waals surface area contributed by atoms with Gasteiger partial charge in [0.15, 0.2) is 0 Å². The van der Waals surface area contributed by atoms with E-state index in [9.17, 15) is 14.4 Å². The first kappa shape index (κ1) is 17.9. The van der Waals surface area contributed by atoms with Gasteiger partial charge < -0.3 is 5.32 Å². The maximum atomic E-state index is 13.7. The third-order valence-corrected chi connectivity index (χ3v) is 7.94. The molecule has 0 saturated heterocycles. The molecular formula is C25H24N2O3. The van der Waals surface area contributed by atoms with Crippen LogP contribution in [0.2, 0.25) is 0 Å². The van der Waals surface area contributed by atoms with Gasteiger partial charge in [-0.1, -0.05) is 36.4 Å². The summed E-state index contributed by atoms with van der Waals surface area (Å²) in [6, 6.07) is 15.8. The standard InChI is InChI=1S/C25H24N2O3/c28-21-18-7-4-8-19(20(18)22(29)27-21)26-23(30)25-12-15-9-16(13-25)11-24(10-15,14-25)17-5-2-1-3-6-17/h1-8,15-16H,9-14H2,(H,26,30)(H,27,28,29)/t15-,16+,24?,25?. The summed E-state index contributed by atoms with van der Waals surface area (Å²) in [7, 11) is 0. The zero-order valence-electron chi connectivity index (χ0n) is 16.7. The molecule has 1 heterocycles. The van der Waals surface area contributed by atoms with Crippen molar-refractivity contribution in [1.29, 1.82) is 0 Å². The average Bonchev–Trinajstić information content (AvgIpc) is 3.02. The molecule has 1 aliphatic heterocycles. The van der Waals surface area contributed by atoms with E-state index in [1.807, 2.05) is 0 Å². The molecule has 5 nitrogen and oxygen atoms in total. The highest BCUT2D eigenvalue weighted by molar-refractivity contribution is 6.24. The highest BCUT2D eigenvalue weighted by Gasteiger charge is 2.61. The summed E-state index contributed by atoms with van der Waals surface area (Å²) in [5, 5.41) is 5.40. The van der Waals surface area contributed by atoms with Crippen LogP contribution in [0.25, 0.3) is 0 Å². The molecule has 0 spiro atoms. The van der Waals surface area contributed by atoms with Gasteiger partial charge in [0.2, 0.25) is 5.91 Å². The van der Waals surface area contributed by atoms with Crippen molar-refractivity contribution in [3.8, 4) is 0 Å². The van der Waals surface area contributed by atoms with Gasteiger partial charge >= 0.3 is 0 Å². The monoisotopic (exact) mass is 400 g/mol. The number of hydrogen-bond donors (Lipinski definition) is 2. The minimum Gasteiger partial charge on any atom is -0.325 e. The molecule has 2 N–H and O–H groups in total. The van der Waals surface area contributed by atoms with Crippen molar-refractivity contribution >= 4 is 23.4 Å². The molecule has 0 aromatic heterocycles. The summed E-state index contributed by atoms with van der Waals surface area (Å²) in [5.41, 5.74) is 2.12. The van der Waals surface area contributed by atoms with Crippen LogP contribution in [0, 0.1) is 17.3 Å². The molecule has 0 radical (unpaired) electrons. The lowest BCUT2D eigenvalue weighted by Crippen LogP contribution is -2.58. The first-order chi connectivity index (χ1) is 14.5. The molecule has 4 bridgehead atoms. The van der Waals surface area contributed by atoms with Gasteiger partial charge in [-0.2, -0.15) is 0 Å². The van der Waals surface area contributed by atoms with E-state index in [4.69, 9.17) is 0 Å². The van der Waals surface area contributed by atoms with Crippen molar-refractivity contribution in [2.45, 2.75) is 43.9 Å². The average molecular weight is 400 g/mol. The van der Waals surface area contributed by atoms with Gasteiger partial charge in [0, 0.05) is 0 Å². The lowest BCUT2D eigenvalue weighted by Gasteiger charge is -2.61. The van der Waals surface area contributed by atoms with Crippen molar-refractivity contribution in [1.82, 2.24) is 5.32 Å². The molecule has 30 heavy (non-hydrogen) atoms. The Balaban J connectivity index is 1.36. The second kappa shape index (κ2) is 6.03. The van der Waals surface area contributed by atoms with Crippen molar-refractivity contribution in [3.05, 3.63) is 65.2 Å². The number of rotatable bonds is 3. The molecule has 4 aliphatic carbocycles. The second-order valence-corrected chi connectivity index (χ2v) is 9.85. The Morgan fingerprint density at radius 3 is 2.37 bits per heavy atom. The lowest BCUT2D eigenvalue weighted by atomic mass is 9.42. The molecule has 4 saturated carbocycles. The Bertz CT molecular complexity index is 1080. The number of imide groups is 1. The quantitative estimate of drug-likeness (QED) is 0.764. The van der Waals surface area contributed by atoms with Gasteiger partial charge in [-0.15, -0.1) is 0 Å². The molecule has 2 aromatic carbocycles. The zero-order chi connectivity index (χ0) is 20.5. The summed E-state index contributed by atoms with van der Waals surface area (Å²) >= 11 is 0. The Kier molecular flexibility index (Phi) is 3.59. The number of nitrogens with one attached hydrogen (secondary N) is 2. The van der Waals surface area contributed by atoms with Crippen LogP contribution in [0.1, 0.15) is 64.8 Å². The fraction of sp³-hybridized carbons (Fsp3) is 0.400. The molecule has 4 fully saturated rings. The second-order valence-electron chi connectivity index (χ2n) is 9.85. The molecule has 5 aliphatic rings. The van der Waals surface area contributed by atoms with Gasteiger partial charge in [0.25, 0.3) is 11.8 Å². The Hall–Kier alpha value is -2.95. The normalized spacial score (nSPS) is 33.3. The van der Waals surface area contributed by atoms with Gasteiger partial charge in [0.05, 0.1) is 22.2 Å². The van der Waals surface area contributed by atoms with Crippen LogP contribution in [0.15, 0.2) is 48.5 Å². The fourth-order valence-electron chi connectivity index (χ4n) is 7.24. The van der Waals surface area contributed by atoms with Crippen molar-refractivity contribution in [2.75, 3.05) is 5.32 Å². The molecular weight excluding hydrogens is 376 g/mol. The highest BCUT2D eigenvalue weighted by atomic mass is 16.2. The number of hydrogen-bond acceptors (Lipinski definition) is 3. The summed E-state index contributed by atoms with van der Waals surface area (Å²) in [4.78, 5) is 38.0. The largest absolute Gasteiger partial charge is 0.325 e. The van der Waals surface area contributed by atoms with Gasteiger partial charge in [-0.3, -0.25) is 19.7 Å². The molecule has 3 amide bonds. The number of fused-ring (bicyclic) bond motifs is 1. The van der Waals surface area contributed by atoms with Crippen LogP contribution in [0.3, 0.4) is 0 Å². The summed E-state index contributed by atoms with van der Waals surface area (Å²) in [5.74, 6) is 0.325. The molecule has 5 heteroatoms. The van der Waals surface area contributed by atoms with E-state index in [0.29, 0.717) is 28.7 Å². The predicted molar refractivity (Wildman–Crippen MR) is 112 cm³/mol. The highest BCUT2D eigenvalue weighted by Crippen LogP contribution is 2.66. The molecule has 4 atom stereocenters. The maximum absolute atomic E-state index is 13.7. The molecule has 152 valence electrons. The number of amides is 3. The lowest BCUT2D eigenvalue weighted by molar-refractivity contribution is -0.143. The van der Waals surface area contributed by atoms with Gasteiger partial charge in [-0.05, 0) is 73.5 Å². The first-order valence-electron chi connectivity index (χ1n) is 10.8. The first-order valence-corrected chi connectivity index (χ1v) is 10.8. The van der Waals surface area contributed by atoms with Crippen LogP contribution in [-0.2, 0) is 10.2 Å². The van der Waals surface area contributed by atoms with E-state index < -0.39 is 17.2 Å². The van der Waals surface area contributed by atoms with Gasteiger partial charge in [-0.25, -0.2) is 0 Å². The zero-order valence-corrected chi connectivity index (χ0v) is 16.7. The summed E-state index contributed by atoms with van der Waals surface area (Å²) < 4.78 is 0. The van der Waals surface area contributed by atoms with Crippen LogP contribution < -0.4 is 10.6 Å². The predicted octanol–water partition coefficient (Wildman–Crippen LogP) is 4.05. The van der Waals surface area contributed by atoms with E-state index in [0.717, 1.165) is 19.3 Å². The minimum atomic E-state index is -0.433. The SMILES string of the molecule is O=C1NC(=O)c2c(NC(=O)C34C[C@H]5C[C@@H](C3)CC(c3ccccc3)(C5)C4)cccc21. The Labute approximate surface area is 175 Å². The minimum absolute atomic E-state index is 0.0115. The van der Waals surface area contributed by atoms with E-state index in [1.54, 1.807) is 18.2 Å². The number of benzene rings is 2. The van der Waals surface area contributed by atoms with Crippen molar-refractivity contribution in [3.63, 3.8) is 0 Å². The van der Waals surface area contributed by atoms with Crippen molar-refractivity contribution in [2.24, 2.45) is 17.3 Å². The van der Waals surface area contributed by atoms with Crippen LogP contribution >= 0.6 is 0 Å². The molecule has 7 rings (SSSR count). The smallest absolute Gasteiger partial charge is 0.261 e.